The van der Waals surface area contributed by atoms with Crippen molar-refractivity contribution in [1.29, 1.82) is 0 Å². The van der Waals surface area contributed by atoms with E-state index in [1.807, 2.05) is 6.92 Å². The fraction of sp³-hybridized carbons (Fsp3) is 0.769. The van der Waals surface area contributed by atoms with Crippen molar-refractivity contribution in [3.8, 4) is 0 Å². The number of imide groups is 1. The molecule has 5 nitrogen and oxygen atoms in total. The SMILES string of the molecule is CCCCC(C(=O)O)N1C(=O)C2CCCC2C1=O. The molecular weight excluding hydrogens is 234 g/mol. The van der Waals surface area contributed by atoms with Crippen LogP contribution in [0.3, 0.4) is 0 Å². The second-order valence-electron chi connectivity index (χ2n) is 5.19. The Labute approximate surface area is 106 Å². The number of likely N-dealkylation sites (tertiary alicyclic amines) is 1. The van der Waals surface area contributed by atoms with Gasteiger partial charge in [0.1, 0.15) is 6.04 Å². The number of nitrogens with zero attached hydrogens (tertiary/aromatic N) is 1. The van der Waals surface area contributed by atoms with Crippen LogP contribution in [0.25, 0.3) is 0 Å². The maximum atomic E-state index is 12.1. The highest BCUT2D eigenvalue weighted by molar-refractivity contribution is 6.07. The van der Waals surface area contributed by atoms with Crippen molar-refractivity contribution < 1.29 is 19.5 Å². The van der Waals surface area contributed by atoms with Gasteiger partial charge in [-0.3, -0.25) is 14.5 Å². The second-order valence-corrected chi connectivity index (χ2v) is 5.19. The highest BCUT2D eigenvalue weighted by Crippen LogP contribution is 2.40. The van der Waals surface area contributed by atoms with Crippen LogP contribution >= 0.6 is 0 Å². The molecule has 3 unspecified atom stereocenters. The number of hydrogen-bond acceptors (Lipinski definition) is 3. The van der Waals surface area contributed by atoms with Gasteiger partial charge in [-0.05, 0) is 19.3 Å². The highest BCUT2D eigenvalue weighted by Gasteiger charge is 2.52. The third-order valence-electron chi connectivity index (χ3n) is 4.05. The molecule has 0 aromatic heterocycles. The zero-order chi connectivity index (χ0) is 13.3. The molecule has 0 bridgehead atoms. The van der Waals surface area contributed by atoms with Crippen LogP contribution in [0.5, 0.6) is 0 Å². The van der Waals surface area contributed by atoms with Gasteiger partial charge >= 0.3 is 5.97 Å². The average molecular weight is 253 g/mol. The van der Waals surface area contributed by atoms with E-state index in [0.29, 0.717) is 12.8 Å². The average Bonchev–Trinajstić information content (AvgIpc) is 2.88. The number of carbonyl (C=O) groups is 3. The predicted octanol–water partition coefficient (Wildman–Crippen LogP) is 1.41. The molecule has 2 aliphatic rings. The molecule has 2 rings (SSSR count). The van der Waals surface area contributed by atoms with Gasteiger partial charge in [0, 0.05) is 0 Å². The Hall–Kier alpha value is -1.39. The Bertz CT molecular complexity index is 357. The third-order valence-corrected chi connectivity index (χ3v) is 4.05. The number of carbonyl (C=O) groups excluding carboxylic acids is 2. The first kappa shape index (κ1) is 13.1. The molecule has 1 N–H and O–H groups in total. The van der Waals surface area contributed by atoms with E-state index in [1.54, 1.807) is 0 Å². The molecule has 3 atom stereocenters. The lowest BCUT2D eigenvalue weighted by atomic mass is 10.00. The van der Waals surface area contributed by atoms with E-state index in [4.69, 9.17) is 0 Å². The first-order valence-corrected chi connectivity index (χ1v) is 6.67. The number of unbranched alkanes of at least 4 members (excludes halogenated alkanes) is 1. The molecule has 1 saturated heterocycles. The summed E-state index contributed by atoms with van der Waals surface area (Å²) in [5, 5.41) is 9.21. The summed E-state index contributed by atoms with van der Waals surface area (Å²) in [6.07, 6.45) is 4.28. The molecule has 5 heteroatoms. The molecule has 100 valence electrons. The first-order valence-electron chi connectivity index (χ1n) is 6.67. The van der Waals surface area contributed by atoms with Gasteiger partial charge < -0.3 is 5.11 Å². The molecular formula is C13H19NO4. The van der Waals surface area contributed by atoms with Gasteiger partial charge in [-0.1, -0.05) is 26.2 Å². The maximum Gasteiger partial charge on any atom is 0.326 e. The number of rotatable bonds is 5. The second kappa shape index (κ2) is 5.08. The molecule has 0 aromatic carbocycles. The zero-order valence-electron chi connectivity index (χ0n) is 10.6. The van der Waals surface area contributed by atoms with E-state index in [2.05, 4.69) is 0 Å². The molecule has 1 heterocycles. The molecule has 0 aromatic rings. The van der Waals surface area contributed by atoms with Crippen LogP contribution in [-0.2, 0) is 14.4 Å². The molecule has 0 radical (unpaired) electrons. The van der Waals surface area contributed by atoms with Gasteiger partial charge in [-0.15, -0.1) is 0 Å². The number of hydrogen-bond donors (Lipinski definition) is 1. The molecule has 1 saturated carbocycles. The number of amides is 2. The molecule has 0 spiro atoms. The molecule has 2 amide bonds. The first-order chi connectivity index (χ1) is 8.57. The summed E-state index contributed by atoms with van der Waals surface area (Å²) < 4.78 is 0. The van der Waals surface area contributed by atoms with Gasteiger partial charge in [0.2, 0.25) is 11.8 Å². The van der Waals surface area contributed by atoms with Crippen LogP contribution in [0, 0.1) is 11.8 Å². The van der Waals surface area contributed by atoms with Crippen LogP contribution < -0.4 is 0 Å². The van der Waals surface area contributed by atoms with Gasteiger partial charge in [0.15, 0.2) is 0 Å². The summed E-state index contributed by atoms with van der Waals surface area (Å²) in [5.74, 6) is -2.08. The predicted molar refractivity (Wildman–Crippen MR) is 63.6 cm³/mol. The molecule has 18 heavy (non-hydrogen) atoms. The van der Waals surface area contributed by atoms with Crippen molar-refractivity contribution >= 4 is 17.8 Å². The smallest absolute Gasteiger partial charge is 0.326 e. The lowest BCUT2D eigenvalue weighted by molar-refractivity contribution is -0.155. The maximum absolute atomic E-state index is 12.1. The number of carboxylic acid groups (broad SMARTS) is 1. The summed E-state index contributed by atoms with van der Waals surface area (Å²) in [5.41, 5.74) is 0. The minimum atomic E-state index is -1.06. The summed E-state index contributed by atoms with van der Waals surface area (Å²) in [7, 11) is 0. The summed E-state index contributed by atoms with van der Waals surface area (Å²) in [6, 6.07) is -0.962. The van der Waals surface area contributed by atoms with Gasteiger partial charge in [0.05, 0.1) is 11.8 Å². The lowest BCUT2D eigenvalue weighted by Crippen LogP contribution is -2.45. The molecule has 1 aliphatic carbocycles. The molecule has 1 aliphatic heterocycles. The summed E-state index contributed by atoms with van der Waals surface area (Å²) >= 11 is 0. The van der Waals surface area contributed by atoms with Gasteiger partial charge in [-0.25, -0.2) is 4.79 Å². The van der Waals surface area contributed by atoms with E-state index < -0.39 is 12.0 Å². The Morgan fingerprint density at radius 2 is 1.89 bits per heavy atom. The van der Waals surface area contributed by atoms with Crippen LogP contribution in [0.4, 0.5) is 0 Å². The van der Waals surface area contributed by atoms with Crippen molar-refractivity contribution in [3.63, 3.8) is 0 Å². The van der Waals surface area contributed by atoms with Crippen LogP contribution in [0.15, 0.2) is 0 Å². The quantitative estimate of drug-likeness (QED) is 0.752. The number of fused-ring (bicyclic) bond motifs is 1. The summed E-state index contributed by atoms with van der Waals surface area (Å²) in [4.78, 5) is 36.6. The minimum absolute atomic E-state index is 0.249. The van der Waals surface area contributed by atoms with Gasteiger partial charge in [0.25, 0.3) is 0 Å². The Morgan fingerprint density at radius 1 is 1.33 bits per heavy atom. The van der Waals surface area contributed by atoms with Crippen molar-refractivity contribution in [2.75, 3.05) is 0 Å². The normalized spacial score (nSPS) is 28.6. The van der Waals surface area contributed by atoms with E-state index in [-0.39, 0.29) is 23.7 Å². The fourth-order valence-corrected chi connectivity index (χ4v) is 3.08. The van der Waals surface area contributed by atoms with Crippen molar-refractivity contribution in [1.82, 2.24) is 4.90 Å². The fourth-order valence-electron chi connectivity index (χ4n) is 3.08. The molecule has 2 fully saturated rings. The topological polar surface area (TPSA) is 74.7 Å². The van der Waals surface area contributed by atoms with Gasteiger partial charge in [-0.2, -0.15) is 0 Å². The third kappa shape index (κ3) is 2.02. The Balaban J connectivity index is 2.17. The van der Waals surface area contributed by atoms with E-state index in [0.717, 1.165) is 30.6 Å². The zero-order valence-corrected chi connectivity index (χ0v) is 10.6. The summed E-state index contributed by atoms with van der Waals surface area (Å²) in [6.45, 7) is 1.96. The van der Waals surface area contributed by atoms with E-state index in [1.165, 1.54) is 0 Å². The van der Waals surface area contributed by atoms with Crippen molar-refractivity contribution in [2.45, 2.75) is 51.5 Å². The van der Waals surface area contributed by atoms with Crippen LogP contribution in [-0.4, -0.2) is 33.8 Å². The van der Waals surface area contributed by atoms with Crippen LogP contribution in [0.2, 0.25) is 0 Å². The minimum Gasteiger partial charge on any atom is -0.480 e. The monoisotopic (exact) mass is 253 g/mol. The van der Waals surface area contributed by atoms with Crippen molar-refractivity contribution in [3.05, 3.63) is 0 Å². The largest absolute Gasteiger partial charge is 0.480 e. The highest BCUT2D eigenvalue weighted by atomic mass is 16.4. The Morgan fingerprint density at radius 3 is 2.33 bits per heavy atom. The van der Waals surface area contributed by atoms with E-state index >= 15 is 0 Å². The number of aliphatic carboxylic acids is 1. The van der Waals surface area contributed by atoms with E-state index in [9.17, 15) is 19.5 Å². The Kier molecular flexibility index (Phi) is 3.68. The van der Waals surface area contributed by atoms with Crippen LogP contribution in [0.1, 0.15) is 45.4 Å². The standard InChI is InChI=1S/C13H19NO4/c1-2-3-7-10(13(17)18)14-11(15)8-5-4-6-9(8)12(14)16/h8-10H,2-7H2,1H3,(H,17,18). The lowest BCUT2D eigenvalue weighted by Gasteiger charge is -2.23. The number of carboxylic acids is 1. The van der Waals surface area contributed by atoms with Crippen molar-refractivity contribution in [2.24, 2.45) is 11.8 Å².